The molecule has 0 fully saturated rings. The highest BCUT2D eigenvalue weighted by Gasteiger charge is 2.13. The van der Waals surface area contributed by atoms with E-state index in [9.17, 15) is 4.79 Å². The van der Waals surface area contributed by atoms with Gasteiger partial charge < -0.3 is 15.0 Å². The van der Waals surface area contributed by atoms with Gasteiger partial charge in [-0.15, -0.1) is 0 Å². The maximum absolute atomic E-state index is 11.9. The summed E-state index contributed by atoms with van der Waals surface area (Å²) in [6.07, 6.45) is 0. The summed E-state index contributed by atoms with van der Waals surface area (Å²) in [4.78, 5) is 15.0. The van der Waals surface area contributed by atoms with E-state index in [2.05, 4.69) is 10.3 Å². The third kappa shape index (κ3) is 2.31. The Hall–Kier alpha value is -1.81. The number of para-hydroxylation sites is 1. The van der Waals surface area contributed by atoms with Gasteiger partial charge in [0.05, 0.1) is 6.61 Å². The second kappa shape index (κ2) is 5.01. The molecule has 2 aromatic rings. The number of H-pyrrole nitrogens is 1. The molecule has 17 heavy (non-hydrogen) atoms. The minimum absolute atomic E-state index is 0.0873. The van der Waals surface area contributed by atoms with Gasteiger partial charge in [0, 0.05) is 24.6 Å². The highest BCUT2D eigenvalue weighted by Crippen LogP contribution is 2.20. The van der Waals surface area contributed by atoms with E-state index >= 15 is 0 Å². The third-order valence-electron chi connectivity index (χ3n) is 2.78. The summed E-state index contributed by atoms with van der Waals surface area (Å²) in [5.74, 6) is -0.0873. The Morgan fingerprint density at radius 2 is 2.18 bits per heavy atom. The zero-order valence-electron chi connectivity index (χ0n) is 10.0. The standard InChI is InChI=1S/C13H16N2O2/c1-9-10-5-3-4-6-11(10)15-12(9)13(16)14-7-8-17-2/h3-6,15H,7-8H2,1-2H3,(H,14,16). The normalized spacial score (nSPS) is 10.7. The Morgan fingerprint density at radius 1 is 1.41 bits per heavy atom. The predicted molar refractivity (Wildman–Crippen MR) is 67.2 cm³/mol. The van der Waals surface area contributed by atoms with Gasteiger partial charge in [-0.05, 0) is 18.6 Å². The molecular weight excluding hydrogens is 216 g/mol. The fourth-order valence-electron chi connectivity index (χ4n) is 1.86. The number of aryl methyl sites for hydroxylation is 1. The van der Waals surface area contributed by atoms with Crippen LogP contribution in [-0.4, -0.2) is 31.2 Å². The number of hydrogen-bond donors (Lipinski definition) is 2. The number of hydrogen-bond acceptors (Lipinski definition) is 2. The molecular formula is C13H16N2O2. The molecule has 0 saturated carbocycles. The summed E-state index contributed by atoms with van der Waals surface area (Å²) >= 11 is 0. The Balaban J connectivity index is 2.23. The Morgan fingerprint density at radius 3 is 2.88 bits per heavy atom. The first-order valence-electron chi connectivity index (χ1n) is 5.58. The molecule has 1 amide bonds. The monoisotopic (exact) mass is 232 g/mol. The molecule has 0 saturated heterocycles. The number of fused-ring (bicyclic) bond motifs is 1. The molecule has 0 bridgehead atoms. The van der Waals surface area contributed by atoms with Crippen LogP contribution in [0, 0.1) is 6.92 Å². The van der Waals surface area contributed by atoms with Crippen molar-refractivity contribution in [2.75, 3.05) is 20.3 Å². The van der Waals surface area contributed by atoms with Crippen LogP contribution in [0.25, 0.3) is 10.9 Å². The topological polar surface area (TPSA) is 54.1 Å². The average Bonchev–Trinajstić information content (AvgIpc) is 2.68. The van der Waals surface area contributed by atoms with E-state index in [1.54, 1.807) is 7.11 Å². The molecule has 4 heteroatoms. The Kier molecular flexibility index (Phi) is 3.44. The van der Waals surface area contributed by atoms with Gasteiger partial charge in [-0.2, -0.15) is 0 Å². The summed E-state index contributed by atoms with van der Waals surface area (Å²) in [7, 11) is 1.61. The van der Waals surface area contributed by atoms with E-state index in [1.165, 1.54) is 0 Å². The highest BCUT2D eigenvalue weighted by atomic mass is 16.5. The summed E-state index contributed by atoms with van der Waals surface area (Å²) in [6, 6.07) is 7.89. The molecule has 0 aliphatic rings. The number of carbonyl (C=O) groups is 1. The van der Waals surface area contributed by atoms with Crippen molar-refractivity contribution in [2.45, 2.75) is 6.92 Å². The van der Waals surface area contributed by atoms with Crippen LogP contribution in [0.15, 0.2) is 24.3 Å². The van der Waals surface area contributed by atoms with Crippen LogP contribution in [0.4, 0.5) is 0 Å². The lowest BCUT2D eigenvalue weighted by molar-refractivity contribution is 0.0932. The Labute approximate surface area is 100.0 Å². The van der Waals surface area contributed by atoms with Crippen LogP contribution < -0.4 is 5.32 Å². The minimum atomic E-state index is -0.0873. The molecule has 1 aromatic carbocycles. The molecule has 0 aliphatic heterocycles. The van der Waals surface area contributed by atoms with Crippen LogP contribution in [0.2, 0.25) is 0 Å². The van der Waals surface area contributed by atoms with Gasteiger partial charge in [0.2, 0.25) is 0 Å². The Bertz CT molecular complexity index is 531. The van der Waals surface area contributed by atoms with E-state index in [0.29, 0.717) is 18.8 Å². The number of methoxy groups -OCH3 is 1. The van der Waals surface area contributed by atoms with Gasteiger partial charge in [-0.25, -0.2) is 0 Å². The minimum Gasteiger partial charge on any atom is -0.383 e. The zero-order chi connectivity index (χ0) is 12.3. The van der Waals surface area contributed by atoms with Crippen molar-refractivity contribution in [1.82, 2.24) is 10.3 Å². The molecule has 0 atom stereocenters. The fraction of sp³-hybridized carbons (Fsp3) is 0.308. The quantitative estimate of drug-likeness (QED) is 0.790. The van der Waals surface area contributed by atoms with E-state index < -0.39 is 0 Å². The molecule has 90 valence electrons. The molecule has 4 nitrogen and oxygen atoms in total. The lowest BCUT2D eigenvalue weighted by atomic mass is 10.1. The first-order valence-corrected chi connectivity index (χ1v) is 5.58. The van der Waals surface area contributed by atoms with Crippen molar-refractivity contribution in [3.05, 3.63) is 35.5 Å². The van der Waals surface area contributed by atoms with Crippen LogP contribution >= 0.6 is 0 Å². The number of aromatic nitrogens is 1. The number of carbonyl (C=O) groups excluding carboxylic acids is 1. The first-order chi connectivity index (χ1) is 8.24. The van der Waals surface area contributed by atoms with Crippen molar-refractivity contribution in [1.29, 1.82) is 0 Å². The van der Waals surface area contributed by atoms with Gasteiger partial charge in [0.25, 0.3) is 5.91 Å². The van der Waals surface area contributed by atoms with Crippen molar-refractivity contribution in [3.8, 4) is 0 Å². The van der Waals surface area contributed by atoms with Crippen LogP contribution in [-0.2, 0) is 4.74 Å². The van der Waals surface area contributed by atoms with Gasteiger partial charge >= 0.3 is 0 Å². The summed E-state index contributed by atoms with van der Waals surface area (Å²) in [5.41, 5.74) is 2.60. The second-order valence-corrected chi connectivity index (χ2v) is 3.92. The number of rotatable bonds is 4. The fourth-order valence-corrected chi connectivity index (χ4v) is 1.86. The molecule has 2 N–H and O–H groups in total. The van der Waals surface area contributed by atoms with E-state index in [1.807, 2.05) is 31.2 Å². The maximum atomic E-state index is 11.9. The SMILES string of the molecule is COCCNC(=O)c1[nH]c2ccccc2c1C. The van der Waals surface area contributed by atoms with Crippen molar-refractivity contribution in [3.63, 3.8) is 0 Å². The van der Waals surface area contributed by atoms with E-state index in [4.69, 9.17) is 4.74 Å². The molecule has 2 rings (SSSR count). The number of ether oxygens (including phenoxy) is 1. The molecule has 1 aromatic heterocycles. The van der Waals surface area contributed by atoms with Crippen molar-refractivity contribution < 1.29 is 9.53 Å². The molecule has 0 spiro atoms. The number of nitrogens with one attached hydrogen (secondary N) is 2. The first kappa shape index (κ1) is 11.7. The van der Waals surface area contributed by atoms with Crippen LogP contribution in [0.3, 0.4) is 0 Å². The maximum Gasteiger partial charge on any atom is 0.268 e. The lowest BCUT2D eigenvalue weighted by Crippen LogP contribution is -2.27. The largest absolute Gasteiger partial charge is 0.383 e. The van der Waals surface area contributed by atoms with Crippen LogP contribution in [0.1, 0.15) is 16.1 Å². The molecule has 0 unspecified atom stereocenters. The smallest absolute Gasteiger partial charge is 0.268 e. The summed E-state index contributed by atoms with van der Waals surface area (Å²) < 4.78 is 4.89. The predicted octanol–water partition coefficient (Wildman–Crippen LogP) is 1.85. The van der Waals surface area contributed by atoms with Crippen LogP contribution in [0.5, 0.6) is 0 Å². The third-order valence-corrected chi connectivity index (χ3v) is 2.78. The highest BCUT2D eigenvalue weighted by molar-refractivity contribution is 6.00. The van der Waals surface area contributed by atoms with Gasteiger partial charge in [-0.3, -0.25) is 4.79 Å². The lowest BCUT2D eigenvalue weighted by Gasteiger charge is -2.03. The molecule has 0 radical (unpaired) electrons. The summed E-state index contributed by atoms with van der Waals surface area (Å²) in [5, 5.41) is 3.89. The van der Waals surface area contributed by atoms with Gasteiger partial charge in [0.15, 0.2) is 0 Å². The number of amides is 1. The molecule has 0 aliphatic carbocycles. The average molecular weight is 232 g/mol. The number of aromatic amines is 1. The second-order valence-electron chi connectivity index (χ2n) is 3.92. The van der Waals surface area contributed by atoms with E-state index in [-0.39, 0.29) is 5.91 Å². The van der Waals surface area contributed by atoms with Crippen molar-refractivity contribution >= 4 is 16.8 Å². The molecule has 1 heterocycles. The van der Waals surface area contributed by atoms with E-state index in [0.717, 1.165) is 16.5 Å². The number of benzene rings is 1. The summed E-state index contributed by atoms with van der Waals surface area (Å²) in [6.45, 7) is 2.99. The van der Waals surface area contributed by atoms with Gasteiger partial charge in [0.1, 0.15) is 5.69 Å². The van der Waals surface area contributed by atoms with Gasteiger partial charge in [-0.1, -0.05) is 18.2 Å². The van der Waals surface area contributed by atoms with Crippen molar-refractivity contribution in [2.24, 2.45) is 0 Å². The zero-order valence-corrected chi connectivity index (χ0v) is 10.0.